The maximum atomic E-state index is 13.1. The Morgan fingerprint density at radius 2 is 1.71 bits per heavy atom. The summed E-state index contributed by atoms with van der Waals surface area (Å²) >= 11 is 6.06. The Morgan fingerprint density at radius 1 is 1.00 bits per heavy atom. The molecule has 1 amide bonds. The molecule has 1 atom stereocenters. The molecule has 6 nitrogen and oxygen atoms in total. The number of carbonyl (C=O) groups is 2. The number of aliphatic hydroxyl groups is 1. The lowest BCUT2D eigenvalue weighted by molar-refractivity contribution is -0.274. The highest BCUT2D eigenvalue weighted by Gasteiger charge is 2.47. The van der Waals surface area contributed by atoms with E-state index in [-0.39, 0.29) is 27.6 Å². The molecule has 3 aromatic carbocycles. The molecule has 0 spiro atoms. The Morgan fingerprint density at radius 3 is 2.37 bits per heavy atom. The van der Waals surface area contributed by atoms with Gasteiger partial charge >= 0.3 is 6.36 Å². The predicted molar refractivity (Wildman–Crippen MR) is 122 cm³/mol. The number of Topliss-reactive ketones (excluding diaryl/α,β-unsaturated/α-hetero) is 1. The number of nitrogens with zero attached hydrogens (tertiary/aromatic N) is 1. The number of alkyl halides is 3. The van der Waals surface area contributed by atoms with Gasteiger partial charge in [-0.15, -0.1) is 13.2 Å². The van der Waals surface area contributed by atoms with Crippen molar-refractivity contribution < 1.29 is 37.3 Å². The van der Waals surface area contributed by atoms with Crippen LogP contribution in [-0.2, 0) is 9.59 Å². The zero-order valence-corrected chi connectivity index (χ0v) is 18.8. The highest BCUT2D eigenvalue weighted by Crippen LogP contribution is 2.43. The second-order valence-electron chi connectivity index (χ2n) is 7.47. The molecular weight excluding hydrogens is 487 g/mol. The van der Waals surface area contributed by atoms with E-state index in [2.05, 4.69) is 4.74 Å². The molecule has 180 valence electrons. The van der Waals surface area contributed by atoms with E-state index >= 15 is 0 Å². The van der Waals surface area contributed by atoms with Crippen LogP contribution in [0.3, 0.4) is 0 Å². The van der Waals surface area contributed by atoms with Gasteiger partial charge in [-0.1, -0.05) is 48.0 Å². The summed E-state index contributed by atoms with van der Waals surface area (Å²) in [6, 6.07) is 16.2. The van der Waals surface area contributed by atoms with Crippen LogP contribution in [0, 0.1) is 0 Å². The number of ketones is 1. The maximum absolute atomic E-state index is 13.1. The largest absolute Gasteiger partial charge is 0.573 e. The summed E-state index contributed by atoms with van der Waals surface area (Å²) in [6.45, 7) is 0. The number of halogens is 4. The molecule has 10 heteroatoms. The molecule has 1 unspecified atom stereocenters. The van der Waals surface area contributed by atoms with Gasteiger partial charge in [0, 0.05) is 17.3 Å². The van der Waals surface area contributed by atoms with Gasteiger partial charge in [-0.25, -0.2) is 0 Å². The minimum atomic E-state index is -4.95. The van der Waals surface area contributed by atoms with Crippen molar-refractivity contribution >= 4 is 34.7 Å². The third-order valence-corrected chi connectivity index (χ3v) is 5.63. The normalized spacial score (nSPS) is 17.5. The highest BCUT2D eigenvalue weighted by molar-refractivity contribution is 6.51. The van der Waals surface area contributed by atoms with Crippen molar-refractivity contribution in [2.24, 2.45) is 0 Å². The Kier molecular flexibility index (Phi) is 6.45. The number of aliphatic hydroxyl groups excluding tert-OH is 1. The monoisotopic (exact) mass is 503 g/mol. The van der Waals surface area contributed by atoms with Gasteiger partial charge in [-0.3, -0.25) is 14.5 Å². The van der Waals surface area contributed by atoms with E-state index in [1.165, 1.54) is 37.4 Å². The van der Waals surface area contributed by atoms with Crippen molar-refractivity contribution in [2.45, 2.75) is 12.4 Å². The van der Waals surface area contributed by atoms with E-state index in [9.17, 15) is 27.9 Å². The Hall–Kier alpha value is -3.98. The minimum absolute atomic E-state index is 0.0181. The summed E-state index contributed by atoms with van der Waals surface area (Å²) in [5.41, 5.74) is 0.360. The van der Waals surface area contributed by atoms with Crippen LogP contribution in [-0.4, -0.2) is 30.3 Å². The predicted octanol–water partition coefficient (Wildman–Crippen LogP) is 5.87. The van der Waals surface area contributed by atoms with Crippen LogP contribution < -0.4 is 14.4 Å². The Labute approximate surface area is 202 Å². The van der Waals surface area contributed by atoms with E-state index in [0.29, 0.717) is 5.56 Å². The summed E-state index contributed by atoms with van der Waals surface area (Å²) in [4.78, 5) is 27.3. The molecule has 4 rings (SSSR count). The Bertz CT molecular complexity index is 1320. The second-order valence-corrected chi connectivity index (χ2v) is 7.88. The van der Waals surface area contributed by atoms with Crippen molar-refractivity contribution in [1.82, 2.24) is 0 Å². The first-order valence-corrected chi connectivity index (χ1v) is 10.5. The van der Waals surface area contributed by atoms with Crippen molar-refractivity contribution in [3.8, 4) is 11.5 Å². The number of methoxy groups -OCH3 is 1. The maximum Gasteiger partial charge on any atom is 0.573 e. The molecule has 1 N–H and O–H groups in total. The van der Waals surface area contributed by atoms with E-state index in [0.717, 1.165) is 17.0 Å². The van der Waals surface area contributed by atoms with E-state index in [1.54, 1.807) is 30.3 Å². The van der Waals surface area contributed by atoms with E-state index < -0.39 is 35.6 Å². The van der Waals surface area contributed by atoms with Crippen molar-refractivity contribution in [1.29, 1.82) is 0 Å². The molecular formula is C25H17ClF3NO5. The third kappa shape index (κ3) is 4.81. The number of hydrogen-bond acceptors (Lipinski definition) is 5. The number of benzene rings is 3. The van der Waals surface area contributed by atoms with Crippen molar-refractivity contribution in [3.05, 3.63) is 94.5 Å². The SMILES string of the molecule is COc1cc(/C(O)=C2\C(=O)C(=O)N(c3cccc(OC(F)(F)F)c3)C2c2ccccc2)ccc1Cl. The molecule has 0 radical (unpaired) electrons. The fourth-order valence-corrected chi connectivity index (χ4v) is 4.04. The van der Waals surface area contributed by atoms with Crippen LogP contribution >= 0.6 is 11.6 Å². The fourth-order valence-electron chi connectivity index (χ4n) is 3.84. The lowest BCUT2D eigenvalue weighted by Crippen LogP contribution is -2.29. The standard InChI is InChI=1S/C25H17ClF3NO5/c1-34-19-12-15(10-11-18(19)26)22(31)20-21(14-6-3-2-4-7-14)30(24(33)23(20)32)16-8-5-9-17(13-16)35-25(27,28)29/h2-13,21,31H,1H3/b22-20+. The first-order chi connectivity index (χ1) is 16.6. The molecule has 1 fully saturated rings. The minimum Gasteiger partial charge on any atom is -0.507 e. The number of anilines is 1. The molecule has 1 aliphatic rings. The third-order valence-electron chi connectivity index (χ3n) is 5.31. The van der Waals surface area contributed by atoms with Gasteiger partial charge in [-0.05, 0) is 35.9 Å². The van der Waals surface area contributed by atoms with Gasteiger partial charge in [-0.2, -0.15) is 0 Å². The smallest absolute Gasteiger partial charge is 0.507 e. The zero-order valence-electron chi connectivity index (χ0n) is 18.0. The van der Waals surface area contributed by atoms with Crippen LogP contribution in [0.15, 0.2) is 78.4 Å². The molecule has 35 heavy (non-hydrogen) atoms. The molecule has 0 saturated carbocycles. The molecule has 0 aromatic heterocycles. The molecule has 0 aliphatic carbocycles. The summed E-state index contributed by atoms with van der Waals surface area (Å²) in [5.74, 6) is -2.85. The number of rotatable bonds is 5. The lowest BCUT2D eigenvalue weighted by Gasteiger charge is -2.26. The van der Waals surface area contributed by atoms with Crippen LogP contribution in [0.5, 0.6) is 11.5 Å². The highest BCUT2D eigenvalue weighted by atomic mass is 35.5. The summed E-state index contributed by atoms with van der Waals surface area (Å²) in [7, 11) is 1.38. The van der Waals surface area contributed by atoms with Gasteiger partial charge in [0.25, 0.3) is 11.7 Å². The summed E-state index contributed by atoms with van der Waals surface area (Å²) < 4.78 is 47.4. The molecule has 1 aliphatic heterocycles. The number of hydrogen-bond donors (Lipinski definition) is 1. The van der Waals surface area contributed by atoms with Crippen molar-refractivity contribution in [3.63, 3.8) is 0 Å². The van der Waals surface area contributed by atoms with Gasteiger partial charge < -0.3 is 14.6 Å². The van der Waals surface area contributed by atoms with Gasteiger partial charge in [0.1, 0.15) is 17.3 Å². The molecule has 1 saturated heterocycles. The van der Waals surface area contributed by atoms with Crippen molar-refractivity contribution in [2.75, 3.05) is 12.0 Å². The molecule has 3 aromatic rings. The topological polar surface area (TPSA) is 76.1 Å². The number of amides is 1. The molecule has 0 bridgehead atoms. The van der Waals surface area contributed by atoms with E-state index in [4.69, 9.17) is 16.3 Å². The Balaban J connectivity index is 1.90. The van der Waals surface area contributed by atoms with E-state index in [1.807, 2.05) is 0 Å². The van der Waals surface area contributed by atoms with Crippen LogP contribution in [0.4, 0.5) is 18.9 Å². The number of carbonyl (C=O) groups excluding carboxylic acids is 2. The summed E-state index contributed by atoms with van der Waals surface area (Å²) in [5, 5.41) is 11.4. The molecule has 1 heterocycles. The fraction of sp³-hybridized carbons (Fsp3) is 0.120. The summed E-state index contributed by atoms with van der Waals surface area (Å²) in [6.07, 6.45) is -4.95. The number of ether oxygens (including phenoxy) is 2. The lowest BCUT2D eigenvalue weighted by atomic mass is 9.95. The van der Waals surface area contributed by atoms with Gasteiger partial charge in [0.05, 0.1) is 23.7 Å². The average Bonchev–Trinajstić information content (AvgIpc) is 3.09. The van der Waals surface area contributed by atoms with Gasteiger partial charge in [0.15, 0.2) is 0 Å². The average molecular weight is 504 g/mol. The van der Waals surface area contributed by atoms with Crippen LogP contribution in [0.25, 0.3) is 5.76 Å². The second kappa shape index (κ2) is 9.34. The van der Waals surface area contributed by atoms with Crippen LogP contribution in [0.2, 0.25) is 5.02 Å². The van der Waals surface area contributed by atoms with Crippen LogP contribution in [0.1, 0.15) is 17.2 Å². The first kappa shape index (κ1) is 24.2. The first-order valence-electron chi connectivity index (χ1n) is 10.2. The van der Waals surface area contributed by atoms with Gasteiger partial charge in [0.2, 0.25) is 0 Å². The quantitative estimate of drug-likeness (QED) is 0.267. The zero-order chi connectivity index (χ0) is 25.3.